The summed E-state index contributed by atoms with van der Waals surface area (Å²) in [7, 11) is 0. The number of fused-ring (bicyclic) bond motifs is 1. The smallest absolute Gasteiger partial charge is 0.154 e. The Morgan fingerprint density at radius 2 is 2.15 bits per heavy atom. The molecule has 2 fully saturated rings. The lowest BCUT2D eigenvalue weighted by molar-refractivity contribution is -0.120. The Labute approximate surface area is 123 Å². The van der Waals surface area contributed by atoms with Gasteiger partial charge in [-0.05, 0) is 36.8 Å². The molecule has 2 nitrogen and oxygen atoms in total. The van der Waals surface area contributed by atoms with E-state index in [2.05, 4.69) is 5.32 Å². The summed E-state index contributed by atoms with van der Waals surface area (Å²) in [6.45, 7) is 0. The summed E-state index contributed by atoms with van der Waals surface area (Å²) in [6, 6.07) is 5.22. The van der Waals surface area contributed by atoms with Gasteiger partial charge in [0.15, 0.2) is 5.78 Å². The summed E-state index contributed by atoms with van der Waals surface area (Å²) in [5.74, 6) is 0.250. The van der Waals surface area contributed by atoms with Gasteiger partial charge in [0.25, 0.3) is 0 Å². The first kappa shape index (κ1) is 14.0. The molecule has 1 aromatic carbocycles. The van der Waals surface area contributed by atoms with Gasteiger partial charge in [-0.25, -0.2) is 4.39 Å². The van der Waals surface area contributed by atoms with E-state index >= 15 is 0 Å². The largest absolute Gasteiger partial charge is 0.304 e. The molecule has 0 aromatic heterocycles. The number of Topliss-reactive ketones (excluding diaryl/α,β-unsaturated/α-hetero) is 1. The van der Waals surface area contributed by atoms with Crippen LogP contribution in [0.25, 0.3) is 0 Å². The predicted molar refractivity (Wildman–Crippen MR) is 77.4 cm³/mol. The van der Waals surface area contributed by atoms with Gasteiger partial charge < -0.3 is 5.32 Å². The fraction of sp³-hybridized carbons (Fsp3) is 0.562. The Balaban J connectivity index is 1.66. The molecule has 0 radical (unpaired) electrons. The molecule has 0 bridgehead atoms. The number of halogens is 2. The zero-order valence-corrected chi connectivity index (χ0v) is 12.1. The number of hydrogen-bond donors (Lipinski definition) is 1. The third-order valence-corrected chi connectivity index (χ3v) is 4.94. The topological polar surface area (TPSA) is 29.1 Å². The highest BCUT2D eigenvalue weighted by Gasteiger charge is 2.37. The molecule has 3 rings (SSSR count). The average Bonchev–Trinajstić information content (AvgIpc) is 2.88. The third kappa shape index (κ3) is 2.75. The lowest BCUT2D eigenvalue weighted by atomic mass is 9.84. The third-order valence-electron chi connectivity index (χ3n) is 4.65. The van der Waals surface area contributed by atoms with Gasteiger partial charge in [0, 0.05) is 12.5 Å². The molecule has 4 heteroatoms. The fourth-order valence-corrected chi connectivity index (χ4v) is 3.75. The van der Waals surface area contributed by atoms with Crippen molar-refractivity contribution in [3.63, 3.8) is 0 Å². The first-order valence-electron chi connectivity index (χ1n) is 7.37. The molecular weight excluding hydrogens is 277 g/mol. The molecule has 1 heterocycles. The summed E-state index contributed by atoms with van der Waals surface area (Å²) < 4.78 is 13.8. The zero-order chi connectivity index (χ0) is 14.1. The zero-order valence-electron chi connectivity index (χ0n) is 11.4. The van der Waals surface area contributed by atoms with Crippen LogP contribution >= 0.6 is 11.6 Å². The number of nitrogens with one attached hydrogen (secondary N) is 1. The molecule has 3 atom stereocenters. The summed E-state index contributed by atoms with van der Waals surface area (Å²) in [6.07, 6.45) is 5.94. The summed E-state index contributed by atoms with van der Waals surface area (Å²) >= 11 is 5.75. The van der Waals surface area contributed by atoms with Crippen molar-refractivity contribution in [1.82, 2.24) is 5.32 Å². The first-order valence-corrected chi connectivity index (χ1v) is 7.74. The van der Waals surface area contributed by atoms with Gasteiger partial charge in [0.1, 0.15) is 5.82 Å². The van der Waals surface area contributed by atoms with E-state index in [1.165, 1.54) is 31.7 Å². The van der Waals surface area contributed by atoms with E-state index < -0.39 is 5.82 Å². The summed E-state index contributed by atoms with van der Waals surface area (Å²) in [5, 5.41) is 3.53. The molecule has 108 valence electrons. The Morgan fingerprint density at radius 1 is 1.35 bits per heavy atom. The van der Waals surface area contributed by atoms with Gasteiger partial charge in [-0.3, -0.25) is 4.79 Å². The highest BCUT2D eigenvalue weighted by molar-refractivity contribution is 6.30. The minimum atomic E-state index is -0.460. The molecule has 3 unspecified atom stereocenters. The molecular formula is C16H19ClFNO. The second kappa shape index (κ2) is 5.82. The van der Waals surface area contributed by atoms with Crippen LogP contribution in [-0.2, 0) is 11.2 Å². The molecule has 1 saturated carbocycles. The predicted octanol–water partition coefficient (Wildman–Crippen LogP) is 3.51. The van der Waals surface area contributed by atoms with Crippen molar-refractivity contribution in [2.24, 2.45) is 5.92 Å². The van der Waals surface area contributed by atoms with E-state index in [1.807, 2.05) is 0 Å². The molecule has 0 amide bonds. The lowest BCUT2D eigenvalue weighted by Crippen LogP contribution is -2.37. The molecule has 1 saturated heterocycles. The van der Waals surface area contributed by atoms with E-state index in [4.69, 9.17) is 11.6 Å². The molecule has 1 aliphatic carbocycles. The first-order chi connectivity index (χ1) is 9.65. The highest BCUT2D eigenvalue weighted by Crippen LogP contribution is 2.33. The van der Waals surface area contributed by atoms with E-state index in [-0.39, 0.29) is 23.3 Å². The van der Waals surface area contributed by atoms with Gasteiger partial charge in [0.2, 0.25) is 0 Å². The van der Waals surface area contributed by atoms with Crippen molar-refractivity contribution in [2.75, 3.05) is 0 Å². The monoisotopic (exact) mass is 295 g/mol. The van der Waals surface area contributed by atoms with Gasteiger partial charge in [-0.1, -0.05) is 36.6 Å². The molecule has 0 spiro atoms. The van der Waals surface area contributed by atoms with Crippen LogP contribution < -0.4 is 5.32 Å². The minimum absolute atomic E-state index is 0.0839. The number of benzene rings is 1. The Bertz CT molecular complexity index is 505. The molecule has 2 aliphatic rings. The quantitative estimate of drug-likeness (QED) is 0.924. The number of ketones is 1. The van der Waals surface area contributed by atoms with Crippen LogP contribution in [0.5, 0.6) is 0 Å². The van der Waals surface area contributed by atoms with Crippen LogP contribution in [0.3, 0.4) is 0 Å². The van der Waals surface area contributed by atoms with E-state index in [0.29, 0.717) is 17.5 Å². The van der Waals surface area contributed by atoms with Crippen LogP contribution in [0.4, 0.5) is 4.39 Å². The van der Waals surface area contributed by atoms with E-state index in [0.717, 1.165) is 6.42 Å². The summed E-state index contributed by atoms with van der Waals surface area (Å²) in [5.41, 5.74) is 0.402. The summed E-state index contributed by atoms with van der Waals surface area (Å²) in [4.78, 5) is 12.3. The van der Waals surface area contributed by atoms with Crippen molar-refractivity contribution >= 4 is 17.4 Å². The fourth-order valence-electron chi connectivity index (χ4n) is 3.56. The van der Waals surface area contributed by atoms with Crippen molar-refractivity contribution in [3.8, 4) is 0 Å². The lowest BCUT2D eigenvalue weighted by Gasteiger charge is -2.24. The standard InChI is InChI=1S/C16H19ClFNO/c17-12-6-3-5-11(16(12)18)9-15(20)14-8-10-4-1-2-7-13(10)19-14/h3,5-6,10,13-14,19H,1-2,4,7-9H2. The molecule has 1 aromatic rings. The van der Waals surface area contributed by atoms with Crippen molar-refractivity contribution in [2.45, 2.75) is 50.6 Å². The van der Waals surface area contributed by atoms with E-state index in [9.17, 15) is 9.18 Å². The van der Waals surface area contributed by atoms with Gasteiger partial charge in [-0.15, -0.1) is 0 Å². The van der Waals surface area contributed by atoms with Crippen molar-refractivity contribution < 1.29 is 9.18 Å². The molecule has 1 N–H and O–H groups in total. The van der Waals surface area contributed by atoms with Crippen LogP contribution in [0.2, 0.25) is 5.02 Å². The van der Waals surface area contributed by atoms with Crippen molar-refractivity contribution in [3.05, 3.63) is 34.6 Å². The second-order valence-electron chi connectivity index (χ2n) is 5.96. The number of rotatable bonds is 3. The highest BCUT2D eigenvalue weighted by atomic mass is 35.5. The van der Waals surface area contributed by atoms with Crippen LogP contribution in [0, 0.1) is 11.7 Å². The normalized spacial score (nSPS) is 29.2. The number of carbonyl (C=O) groups excluding carboxylic acids is 1. The van der Waals surface area contributed by atoms with Crippen LogP contribution in [0.15, 0.2) is 18.2 Å². The van der Waals surface area contributed by atoms with Gasteiger partial charge >= 0.3 is 0 Å². The van der Waals surface area contributed by atoms with Crippen molar-refractivity contribution in [1.29, 1.82) is 0 Å². The SMILES string of the molecule is O=C(Cc1cccc(Cl)c1F)C1CC2CCCCC2N1. The van der Waals surface area contributed by atoms with Crippen LogP contribution in [0.1, 0.15) is 37.7 Å². The Morgan fingerprint density at radius 3 is 2.95 bits per heavy atom. The number of hydrogen-bond acceptors (Lipinski definition) is 2. The maximum atomic E-state index is 13.8. The maximum absolute atomic E-state index is 13.8. The van der Waals surface area contributed by atoms with Gasteiger partial charge in [-0.2, -0.15) is 0 Å². The van der Waals surface area contributed by atoms with Gasteiger partial charge in [0.05, 0.1) is 11.1 Å². The van der Waals surface area contributed by atoms with Crippen LogP contribution in [-0.4, -0.2) is 17.9 Å². The van der Waals surface area contributed by atoms with E-state index in [1.54, 1.807) is 12.1 Å². The minimum Gasteiger partial charge on any atom is -0.304 e. The Hall–Kier alpha value is -0.930. The second-order valence-corrected chi connectivity index (χ2v) is 6.37. The Kier molecular flexibility index (Phi) is 4.08. The maximum Gasteiger partial charge on any atom is 0.154 e. The molecule has 1 aliphatic heterocycles. The molecule has 20 heavy (non-hydrogen) atoms. The average molecular weight is 296 g/mol. The number of carbonyl (C=O) groups is 1.